The molecule has 0 saturated carbocycles. The van der Waals surface area contributed by atoms with Gasteiger partial charge in [0.15, 0.2) is 6.10 Å². The third-order valence-corrected chi connectivity index (χ3v) is 6.71. The van der Waals surface area contributed by atoms with E-state index in [4.69, 9.17) is 23.7 Å². The van der Waals surface area contributed by atoms with Crippen LogP contribution in [0, 0.1) is 21.7 Å². The molecule has 1 saturated heterocycles. The van der Waals surface area contributed by atoms with Gasteiger partial charge in [0.25, 0.3) is 0 Å². The van der Waals surface area contributed by atoms with E-state index in [2.05, 4.69) is 4.18 Å². The lowest BCUT2D eigenvalue weighted by atomic mass is 9.95. The quantitative estimate of drug-likeness (QED) is 0.161. The summed E-state index contributed by atoms with van der Waals surface area (Å²) < 4.78 is 96.1. The van der Waals surface area contributed by atoms with Crippen molar-refractivity contribution < 1.29 is 68.6 Å². The number of ether oxygens (including phenoxy) is 5. The van der Waals surface area contributed by atoms with Crippen molar-refractivity contribution in [2.24, 2.45) is 21.7 Å². The van der Waals surface area contributed by atoms with Crippen molar-refractivity contribution >= 4 is 34.0 Å². The van der Waals surface area contributed by atoms with E-state index in [1.807, 2.05) is 0 Å². The summed E-state index contributed by atoms with van der Waals surface area (Å²) in [4.78, 5) is 51.2. The minimum absolute atomic E-state index is 0.907. The summed E-state index contributed by atoms with van der Waals surface area (Å²) in [6.45, 7) is 16.3. The third kappa shape index (κ3) is 10.6. The highest BCUT2D eigenvalue weighted by atomic mass is 32.2. The average molecular weight is 649 g/mol. The number of esters is 4. The molecule has 0 amide bonds. The Kier molecular flexibility index (Phi) is 11.5. The number of rotatable bonds is 8. The van der Waals surface area contributed by atoms with Gasteiger partial charge in [-0.2, -0.15) is 21.6 Å². The molecule has 0 aromatic heterocycles. The number of carbonyl (C=O) groups excluding carboxylic acids is 4. The van der Waals surface area contributed by atoms with Crippen LogP contribution < -0.4 is 0 Å². The van der Waals surface area contributed by atoms with E-state index in [0.29, 0.717) is 0 Å². The van der Waals surface area contributed by atoms with Gasteiger partial charge >= 0.3 is 39.5 Å². The molecule has 1 heterocycles. The number of hydrogen-bond acceptors (Lipinski definition) is 12. The topological polar surface area (TPSA) is 158 Å². The first kappa shape index (κ1) is 38.6. The van der Waals surface area contributed by atoms with E-state index in [9.17, 15) is 40.8 Å². The molecule has 0 bridgehead atoms. The van der Waals surface area contributed by atoms with Crippen LogP contribution in [-0.2, 0) is 57.2 Å². The van der Waals surface area contributed by atoms with Crippen LogP contribution in [0.3, 0.4) is 0 Å². The highest BCUT2D eigenvalue weighted by molar-refractivity contribution is 7.87. The maximum absolute atomic E-state index is 13.4. The lowest BCUT2D eigenvalue weighted by Crippen LogP contribution is -2.50. The van der Waals surface area contributed by atoms with E-state index in [0.717, 1.165) is 0 Å². The summed E-state index contributed by atoms with van der Waals surface area (Å²) in [5, 5.41) is 0. The van der Waals surface area contributed by atoms with Crippen LogP contribution >= 0.6 is 0 Å². The van der Waals surface area contributed by atoms with Gasteiger partial charge in [0.1, 0.15) is 18.8 Å². The largest absolute Gasteiger partial charge is 0.523 e. The van der Waals surface area contributed by atoms with E-state index >= 15 is 0 Å². The van der Waals surface area contributed by atoms with Gasteiger partial charge in [-0.3, -0.25) is 23.4 Å². The second-order valence-electron chi connectivity index (χ2n) is 14.2. The SMILES string of the molecule is CC(C)(C)C(=O)OCC(OS(=O)(=O)C(F)(F)F)[C@H]1O[C@@H](OC(=O)C(C)(C)C)C(OC(=O)C(C)(C)C)[C@H]1OC(=O)C(C)(C)C. The lowest BCUT2D eigenvalue weighted by molar-refractivity contribution is -0.210. The molecule has 2 unspecified atom stereocenters. The standard InChI is InChI=1S/C27H43F3O12S/c1-23(2,3)19(31)37-13-14(42-43(35,36)27(28,29)30)15-16(39-20(32)24(4,5)6)17(40-21(33)25(7,8)9)18(38-15)41-22(34)26(10,11)12/h14-18H,13H2,1-12H3/t14?,15-,16+,17?,18+/m1/s1. The zero-order valence-electron chi connectivity index (χ0n) is 26.5. The van der Waals surface area contributed by atoms with Crippen molar-refractivity contribution in [3.63, 3.8) is 0 Å². The molecule has 0 spiro atoms. The van der Waals surface area contributed by atoms with Gasteiger partial charge in [0.05, 0.1) is 21.7 Å². The maximum atomic E-state index is 13.4. The van der Waals surface area contributed by atoms with Crippen LogP contribution in [0.25, 0.3) is 0 Å². The summed E-state index contributed by atoms with van der Waals surface area (Å²) in [5.41, 5.74) is -10.6. The Morgan fingerprint density at radius 3 is 1.40 bits per heavy atom. The molecule has 12 nitrogen and oxygen atoms in total. The fourth-order valence-corrected chi connectivity index (χ4v) is 3.55. The van der Waals surface area contributed by atoms with Crippen molar-refractivity contribution in [2.75, 3.05) is 6.61 Å². The molecule has 43 heavy (non-hydrogen) atoms. The Bertz CT molecular complexity index is 1150. The van der Waals surface area contributed by atoms with Crippen LogP contribution in [0.1, 0.15) is 83.1 Å². The molecule has 250 valence electrons. The number of carbonyl (C=O) groups is 4. The van der Waals surface area contributed by atoms with Crippen LogP contribution in [0.15, 0.2) is 0 Å². The molecule has 16 heteroatoms. The Morgan fingerprint density at radius 1 is 0.651 bits per heavy atom. The van der Waals surface area contributed by atoms with Gasteiger partial charge in [-0.15, -0.1) is 0 Å². The summed E-state index contributed by atoms with van der Waals surface area (Å²) in [6.07, 6.45) is -9.93. The Morgan fingerprint density at radius 2 is 1.02 bits per heavy atom. The average Bonchev–Trinajstić information content (AvgIpc) is 3.09. The normalized spacial score (nSPS) is 22.9. The fourth-order valence-electron chi connectivity index (χ4n) is 2.95. The van der Waals surface area contributed by atoms with Crippen molar-refractivity contribution in [3.05, 3.63) is 0 Å². The second kappa shape index (κ2) is 12.9. The highest BCUT2D eigenvalue weighted by Crippen LogP contribution is 2.37. The van der Waals surface area contributed by atoms with Gasteiger partial charge in [0.2, 0.25) is 12.4 Å². The lowest BCUT2D eigenvalue weighted by Gasteiger charge is -2.31. The van der Waals surface area contributed by atoms with Crippen molar-refractivity contribution in [3.8, 4) is 0 Å². The maximum Gasteiger partial charge on any atom is 0.523 e. The molecule has 1 aliphatic rings. The molecule has 0 aromatic rings. The van der Waals surface area contributed by atoms with Crippen LogP contribution in [-0.4, -0.2) is 75.1 Å². The predicted molar refractivity (Wildman–Crippen MR) is 143 cm³/mol. The smallest absolute Gasteiger partial charge is 0.462 e. The summed E-state index contributed by atoms with van der Waals surface area (Å²) in [7, 11) is -6.35. The summed E-state index contributed by atoms with van der Waals surface area (Å²) in [5.74, 6) is -3.72. The van der Waals surface area contributed by atoms with Gasteiger partial charge < -0.3 is 23.7 Å². The Hall–Kier alpha value is -2.46. The van der Waals surface area contributed by atoms with Gasteiger partial charge in [-0.1, -0.05) is 0 Å². The second-order valence-corrected chi connectivity index (χ2v) is 15.8. The van der Waals surface area contributed by atoms with E-state index in [-0.39, 0.29) is 0 Å². The minimum Gasteiger partial charge on any atom is -0.462 e. The third-order valence-electron chi connectivity index (χ3n) is 5.64. The van der Waals surface area contributed by atoms with Crippen LogP contribution in [0.4, 0.5) is 13.2 Å². The Labute approximate surface area is 250 Å². The molecule has 0 N–H and O–H groups in total. The molecular formula is C27H43F3O12S. The zero-order chi connectivity index (χ0) is 34.1. The molecular weight excluding hydrogens is 605 g/mol. The van der Waals surface area contributed by atoms with Crippen molar-refractivity contribution in [1.29, 1.82) is 0 Å². The molecule has 1 aliphatic heterocycles. The minimum atomic E-state index is -6.35. The van der Waals surface area contributed by atoms with Crippen molar-refractivity contribution in [2.45, 2.75) is 119 Å². The number of halogens is 3. The first-order chi connectivity index (χ1) is 18.9. The first-order valence-electron chi connectivity index (χ1n) is 13.3. The Balaban J connectivity index is 3.82. The van der Waals surface area contributed by atoms with E-state index in [1.54, 1.807) is 0 Å². The number of alkyl halides is 3. The summed E-state index contributed by atoms with van der Waals surface area (Å²) >= 11 is 0. The summed E-state index contributed by atoms with van der Waals surface area (Å²) in [6, 6.07) is 0. The molecule has 1 fully saturated rings. The van der Waals surface area contributed by atoms with Gasteiger partial charge in [-0.25, -0.2) is 0 Å². The molecule has 0 aliphatic carbocycles. The zero-order valence-corrected chi connectivity index (χ0v) is 27.4. The number of hydrogen-bond donors (Lipinski definition) is 0. The van der Waals surface area contributed by atoms with Crippen LogP contribution in [0.2, 0.25) is 0 Å². The molecule has 0 radical (unpaired) electrons. The monoisotopic (exact) mass is 648 g/mol. The highest BCUT2D eigenvalue weighted by Gasteiger charge is 2.59. The molecule has 0 aromatic carbocycles. The first-order valence-corrected chi connectivity index (χ1v) is 14.8. The fraction of sp³-hybridized carbons (Fsp3) is 0.852. The van der Waals surface area contributed by atoms with Gasteiger partial charge in [-0.05, 0) is 83.1 Å². The van der Waals surface area contributed by atoms with Crippen molar-refractivity contribution in [1.82, 2.24) is 0 Å². The molecule has 1 rings (SSSR count). The van der Waals surface area contributed by atoms with E-state index < -0.39 is 98.5 Å². The van der Waals surface area contributed by atoms with Gasteiger partial charge in [0, 0.05) is 0 Å². The van der Waals surface area contributed by atoms with E-state index in [1.165, 1.54) is 83.1 Å². The predicted octanol–water partition coefficient (Wildman–Crippen LogP) is 4.04. The van der Waals surface area contributed by atoms with Crippen LogP contribution in [0.5, 0.6) is 0 Å². The molecule has 5 atom stereocenters.